The number of nitrogens with zero attached hydrogens (tertiary/aromatic N) is 2. The molecule has 0 aliphatic carbocycles. The first-order valence-corrected chi connectivity index (χ1v) is 12.2. The summed E-state index contributed by atoms with van der Waals surface area (Å²) in [5.74, 6) is -0.314. The summed E-state index contributed by atoms with van der Waals surface area (Å²) in [6.07, 6.45) is 2.55. The maximum atomic E-state index is 13.4. The molecule has 174 valence electrons. The third-order valence-corrected chi connectivity index (χ3v) is 6.39. The Bertz CT molecular complexity index is 1150. The van der Waals surface area contributed by atoms with Crippen LogP contribution in [0.25, 0.3) is 0 Å². The fourth-order valence-electron chi connectivity index (χ4n) is 3.29. The van der Waals surface area contributed by atoms with Crippen LogP contribution in [0.15, 0.2) is 83.5 Å². The zero-order valence-electron chi connectivity index (χ0n) is 18.5. The van der Waals surface area contributed by atoms with Crippen molar-refractivity contribution in [3.05, 3.63) is 95.9 Å². The molecule has 8 nitrogen and oxygen atoms in total. The maximum absolute atomic E-state index is 13.4. The smallest absolute Gasteiger partial charge is 0.247 e. The van der Waals surface area contributed by atoms with Gasteiger partial charge in [0, 0.05) is 13.6 Å². The summed E-state index contributed by atoms with van der Waals surface area (Å²) >= 11 is 0. The number of likely N-dealkylation sites (N-methyl/N-ethyl adjacent to an activating group) is 1. The van der Waals surface area contributed by atoms with Gasteiger partial charge in [-0.05, 0) is 23.3 Å². The van der Waals surface area contributed by atoms with E-state index in [1.807, 2.05) is 36.4 Å². The minimum Gasteiger partial charge on any atom is -0.467 e. The lowest BCUT2D eigenvalue weighted by molar-refractivity contribution is -0.141. The van der Waals surface area contributed by atoms with Crippen LogP contribution in [0.3, 0.4) is 0 Å². The third kappa shape index (κ3) is 6.77. The molecular weight excluding hydrogens is 442 g/mol. The van der Waals surface area contributed by atoms with E-state index < -0.39 is 27.9 Å². The normalized spacial score (nSPS) is 12.3. The van der Waals surface area contributed by atoms with E-state index >= 15 is 0 Å². The van der Waals surface area contributed by atoms with Crippen molar-refractivity contribution in [2.45, 2.75) is 19.1 Å². The average molecular weight is 470 g/mol. The van der Waals surface area contributed by atoms with E-state index in [1.165, 1.54) is 18.2 Å². The molecule has 1 N–H and O–H groups in total. The topological polar surface area (TPSA) is 99.9 Å². The van der Waals surface area contributed by atoms with Crippen LogP contribution in [0, 0.1) is 0 Å². The number of carbonyl (C=O) groups is 2. The molecule has 0 aliphatic rings. The highest BCUT2D eigenvalue weighted by Crippen LogP contribution is 2.24. The Morgan fingerprint density at radius 1 is 0.970 bits per heavy atom. The monoisotopic (exact) mass is 469 g/mol. The summed E-state index contributed by atoms with van der Waals surface area (Å²) in [5, 5.41) is 2.83. The van der Waals surface area contributed by atoms with Gasteiger partial charge in [-0.1, -0.05) is 60.7 Å². The quantitative estimate of drug-likeness (QED) is 0.492. The third-order valence-electron chi connectivity index (χ3n) is 5.13. The molecule has 2 amide bonds. The van der Waals surface area contributed by atoms with Crippen LogP contribution < -0.4 is 5.32 Å². The van der Waals surface area contributed by atoms with Gasteiger partial charge in [0.1, 0.15) is 11.8 Å². The summed E-state index contributed by atoms with van der Waals surface area (Å²) in [5.41, 5.74) is 1.42. The molecule has 0 unspecified atom stereocenters. The van der Waals surface area contributed by atoms with E-state index in [2.05, 4.69) is 5.32 Å². The first-order chi connectivity index (χ1) is 15.8. The maximum Gasteiger partial charge on any atom is 0.247 e. The van der Waals surface area contributed by atoms with Gasteiger partial charge in [0.15, 0.2) is 0 Å². The standard InChI is InChI=1S/C24H27N3O5S/c1-26(33(2,30)31)18-22(28)27(17-19-10-5-3-6-11-19)23(20-12-7-4-8-13-20)24(29)25-16-21-14-9-15-32-21/h3-15,23H,16-18H2,1-2H3,(H,25,29)/t23-/m0/s1. The number of amides is 2. The van der Waals surface area contributed by atoms with Gasteiger partial charge >= 0.3 is 0 Å². The Balaban J connectivity index is 1.96. The first kappa shape index (κ1) is 24.2. The van der Waals surface area contributed by atoms with E-state index in [1.54, 1.807) is 36.4 Å². The lowest BCUT2D eigenvalue weighted by atomic mass is 10.0. The Kier molecular flexibility index (Phi) is 8.02. The molecule has 3 aromatic rings. The molecule has 0 bridgehead atoms. The lowest BCUT2D eigenvalue weighted by Crippen LogP contribution is -2.47. The van der Waals surface area contributed by atoms with Crippen LogP contribution >= 0.6 is 0 Å². The molecule has 1 atom stereocenters. The van der Waals surface area contributed by atoms with Crippen molar-refractivity contribution in [2.75, 3.05) is 19.8 Å². The second kappa shape index (κ2) is 10.9. The average Bonchev–Trinajstić information content (AvgIpc) is 3.32. The van der Waals surface area contributed by atoms with Crippen molar-refractivity contribution >= 4 is 21.8 Å². The molecule has 0 spiro atoms. The van der Waals surface area contributed by atoms with Gasteiger partial charge < -0.3 is 14.6 Å². The zero-order valence-corrected chi connectivity index (χ0v) is 19.4. The summed E-state index contributed by atoms with van der Waals surface area (Å²) in [7, 11) is -2.25. The highest BCUT2D eigenvalue weighted by molar-refractivity contribution is 7.88. The zero-order chi connectivity index (χ0) is 23.8. The van der Waals surface area contributed by atoms with E-state index in [0.29, 0.717) is 11.3 Å². The fraction of sp³-hybridized carbons (Fsp3) is 0.250. The van der Waals surface area contributed by atoms with Crippen LogP contribution in [-0.4, -0.2) is 49.3 Å². The molecule has 33 heavy (non-hydrogen) atoms. The minimum atomic E-state index is -3.58. The van der Waals surface area contributed by atoms with Crippen molar-refractivity contribution < 1.29 is 22.4 Å². The predicted molar refractivity (Wildman–Crippen MR) is 124 cm³/mol. The second-order valence-corrected chi connectivity index (χ2v) is 9.73. The largest absolute Gasteiger partial charge is 0.467 e. The highest BCUT2D eigenvalue weighted by Gasteiger charge is 2.32. The van der Waals surface area contributed by atoms with Crippen LogP contribution in [0.2, 0.25) is 0 Å². The van der Waals surface area contributed by atoms with Crippen molar-refractivity contribution in [3.63, 3.8) is 0 Å². The van der Waals surface area contributed by atoms with E-state index in [0.717, 1.165) is 16.1 Å². The summed E-state index contributed by atoms with van der Waals surface area (Å²) in [4.78, 5) is 28.2. The number of sulfonamides is 1. The summed E-state index contributed by atoms with van der Waals surface area (Å²) < 4.78 is 30.1. The predicted octanol–water partition coefficient (Wildman–Crippen LogP) is 2.56. The molecule has 2 aromatic carbocycles. The second-order valence-electron chi connectivity index (χ2n) is 7.64. The molecule has 0 fully saturated rings. The fourth-order valence-corrected chi connectivity index (χ4v) is 3.64. The number of hydrogen-bond acceptors (Lipinski definition) is 5. The van der Waals surface area contributed by atoms with Gasteiger partial charge in [-0.2, -0.15) is 4.31 Å². The Morgan fingerprint density at radius 3 is 2.18 bits per heavy atom. The summed E-state index contributed by atoms with van der Waals surface area (Å²) in [6, 6.07) is 20.7. The Hall–Kier alpha value is -3.43. The van der Waals surface area contributed by atoms with Crippen molar-refractivity contribution in [1.29, 1.82) is 0 Å². The van der Waals surface area contributed by atoms with Crippen molar-refractivity contribution in [3.8, 4) is 0 Å². The van der Waals surface area contributed by atoms with Gasteiger partial charge in [0.25, 0.3) is 0 Å². The van der Waals surface area contributed by atoms with Gasteiger partial charge in [0.05, 0.1) is 25.6 Å². The highest BCUT2D eigenvalue weighted by atomic mass is 32.2. The number of benzene rings is 2. The van der Waals surface area contributed by atoms with Crippen LogP contribution in [0.5, 0.6) is 0 Å². The number of nitrogens with one attached hydrogen (secondary N) is 1. The first-order valence-electron chi connectivity index (χ1n) is 10.4. The number of carbonyl (C=O) groups excluding carboxylic acids is 2. The van der Waals surface area contributed by atoms with Crippen LogP contribution in [0.4, 0.5) is 0 Å². The molecule has 0 radical (unpaired) electrons. The Morgan fingerprint density at radius 2 is 1.61 bits per heavy atom. The van der Waals surface area contributed by atoms with Crippen LogP contribution in [0.1, 0.15) is 22.9 Å². The molecule has 0 aliphatic heterocycles. The van der Waals surface area contributed by atoms with Crippen LogP contribution in [-0.2, 0) is 32.7 Å². The van der Waals surface area contributed by atoms with Gasteiger partial charge in [-0.25, -0.2) is 8.42 Å². The van der Waals surface area contributed by atoms with E-state index in [4.69, 9.17) is 4.42 Å². The molecule has 0 saturated heterocycles. The molecule has 9 heteroatoms. The number of rotatable bonds is 10. The van der Waals surface area contributed by atoms with Gasteiger partial charge in [0.2, 0.25) is 21.8 Å². The molecule has 1 heterocycles. The van der Waals surface area contributed by atoms with Gasteiger partial charge in [-0.15, -0.1) is 0 Å². The number of furan rings is 1. The Labute approximate surface area is 193 Å². The lowest BCUT2D eigenvalue weighted by Gasteiger charge is -2.32. The van der Waals surface area contributed by atoms with E-state index in [-0.39, 0.29) is 19.6 Å². The number of hydrogen-bond donors (Lipinski definition) is 1. The SMILES string of the molecule is CN(CC(=O)N(Cc1ccccc1)[C@H](C(=O)NCc1ccco1)c1ccccc1)S(C)(=O)=O. The summed E-state index contributed by atoms with van der Waals surface area (Å²) in [6.45, 7) is -0.1000. The van der Waals surface area contributed by atoms with Crippen molar-refractivity contribution in [2.24, 2.45) is 0 Å². The van der Waals surface area contributed by atoms with E-state index in [9.17, 15) is 18.0 Å². The molecule has 3 rings (SSSR count). The van der Waals surface area contributed by atoms with Crippen molar-refractivity contribution in [1.82, 2.24) is 14.5 Å². The minimum absolute atomic E-state index is 0.130. The molecule has 1 aromatic heterocycles. The molecular formula is C24H27N3O5S. The molecule has 0 saturated carbocycles. The van der Waals surface area contributed by atoms with Gasteiger partial charge in [-0.3, -0.25) is 9.59 Å².